The molecule has 2 aromatic carbocycles. The van der Waals surface area contributed by atoms with Gasteiger partial charge in [-0.25, -0.2) is 23.5 Å². The number of carbonyl (C=O) groups is 1. The van der Waals surface area contributed by atoms with Crippen molar-refractivity contribution in [2.45, 2.75) is 69.6 Å². The van der Waals surface area contributed by atoms with E-state index in [1.54, 1.807) is 28.7 Å². The summed E-state index contributed by atoms with van der Waals surface area (Å²) in [6.07, 6.45) is 0.956. The van der Waals surface area contributed by atoms with Crippen molar-refractivity contribution in [1.29, 1.82) is 0 Å². The van der Waals surface area contributed by atoms with E-state index in [1.807, 2.05) is 36.4 Å². The number of fused-ring (bicyclic) bond motifs is 1. The maximum atomic E-state index is 14.1. The molecule has 0 N–H and O–H groups in total. The van der Waals surface area contributed by atoms with Crippen molar-refractivity contribution in [1.82, 2.24) is 19.4 Å². The average molecular weight is 625 g/mol. The van der Waals surface area contributed by atoms with Crippen molar-refractivity contribution in [3.05, 3.63) is 80.8 Å². The van der Waals surface area contributed by atoms with Crippen molar-refractivity contribution in [2.75, 3.05) is 20.8 Å². The molecule has 2 aromatic heterocycles. The third-order valence-electron chi connectivity index (χ3n) is 8.45. The molecule has 0 radical (unpaired) electrons. The smallest absolute Gasteiger partial charge is 0.410 e. The van der Waals surface area contributed by atoms with Gasteiger partial charge in [-0.15, -0.1) is 0 Å². The lowest BCUT2D eigenvalue weighted by Crippen LogP contribution is -2.31. The Balaban J connectivity index is 1.34. The Hall–Kier alpha value is -4.06. The second-order valence-electron chi connectivity index (χ2n) is 11.3. The number of alkyl halides is 2. The molecule has 6 rings (SSSR count). The number of likely N-dealkylation sites (tertiary alicyclic amines) is 1. The normalized spacial score (nSPS) is 18.5. The first-order valence-electron chi connectivity index (χ1n) is 14.7. The van der Waals surface area contributed by atoms with Gasteiger partial charge < -0.3 is 14.2 Å². The van der Waals surface area contributed by atoms with Gasteiger partial charge in [0.25, 0.3) is 5.56 Å². The molecule has 4 aromatic rings. The van der Waals surface area contributed by atoms with E-state index in [0.29, 0.717) is 40.1 Å². The minimum atomic E-state index is -2.72. The van der Waals surface area contributed by atoms with Gasteiger partial charge in [-0.3, -0.25) is 14.3 Å². The maximum absolute atomic E-state index is 14.1. The zero-order valence-electron chi connectivity index (χ0n) is 24.6. The van der Waals surface area contributed by atoms with Crippen LogP contribution < -0.4 is 15.0 Å². The molecule has 1 amide bonds. The Bertz CT molecular complexity index is 1700. The molecule has 0 unspecified atom stereocenters. The van der Waals surface area contributed by atoms with Gasteiger partial charge in [0.2, 0.25) is 5.92 Å². The molecule has 0 bridgehead atoms. The van der Waals surface area contributed by atoms with Crippen LogP contribution in [-0.2, 0) is 17.9 Å². The first-order valence-corrected chi connectivity index (χ1v) is 15.5. The highest BCUT2D eigenvalue weighted by molar-refractivity contribution is 7.18. The second-order valence-corrected chi connectivity index (χ2v) is 12.3. The zero-order valence-corrected chi connectivity index (χ0v) is 25.4. The average Bonchev–Trinajstić information content (AvgIpc) is 3.70. The Morgan fingerprint density at radius 1 is 1.05 bits per heavy atom. The number of hydrogen-bond acceptors (Lipinski definition) is 8. The Kier molecular flexibility index (Phi) is 8.53. The molecular weight excluding hydrogens is 590 g/mol. The first-order chi connectivity index (χ1) is 21.3. The van der Waals surface area contributed by atoms with Crippen LogP contribution in [0.5, 0.6) is 11.5 Å². The molecule has 232 valence electrons. The lowest BCUT2D eigenvalue weighted by atomic mass is 9.86. The molecule has 1 aliphatic carbocycles. The molecule has 1 aliphatic heterocycles. The summed E-state index contributed by atoms with van der Waals surface area (Å²) < 4.78 is 46.3. The third-order valence-corrected chi connectivity index (χ3v) is 9.50. The minimum Gasteiger partial charge on any atom is -0.497 e. The summed E-state index contributed by atoms with van der Waals surface area (Å²) in [5, 5.41) is 0.611. The van der Waals surface area contributed by atoms with E-state index in [0.717, 1.165) is 17.5 Å². The number of amides is 1. The number of benzene rings is 2. The molecule has 1 saturated heterocycles. The van der Waals surface area contributed by atoms with E-state index >= 15 is 0 Å². The van der Waals surface area contributed by atoms with Crippen LogP contribution in [0.15, 0.2) is 53.3 Å². The molecule has 0 spiro atoms. The van der Waals surface area contributed by atoms with Crippen LogP contribution in [-0.4, -0.2) is 52.2 Å². The van der Waals surface area contributed by atoms with Crippen LogP contribution >= 0.6 is 11.3 Å². The monoisotopic (exact) mass is 624 g/mol. The second kappa shape index (κ2) is 12.5. The van der Waals surface area contributed by atoms with E-state index in [1.165, 1.54) is 18.4 Å². The fraction of sp³-hybridized carbons (Fsp3) is 0.438. The number of aromatic nitrogens is 3. The summed E-state index contributed by atoms with van der Waals surface area (Å²) in [7, 11) is 3.10. The number of halogens is 2. The van der Waals surface area contributed by atoms with Gasteiger partial charge in [0, 0.05) is 36.9 Å². The topological polar surface area (TPSA) is 95.8 Å². The van der Waals surface area contributed by atoms with E-state index in [9.17, 15) is 18.4 Å². The SMILES string of the molecule is COc1ccc(Cn2c(C3CCC(F)(F)CC3)nc3sc([C@H]4CCCN4C(=O)OCc4ccccc4)nc3c2=O)c(OC)c1. The summed E-state index contributed by atoms with van der Waals surface area (Å²) in [6, 6.07) is 14.5. The van der Waals surface area contributed by atoms with Crippen LogP contribution in [0.3, 0.4) is 0 Å². The van der Waals surface area contributed by atoms with Crippen LogP contribution in [0.4, 0.5) is 13.6 Å². The maximum Gasteiger partial charge on any atom is 0.410 e. The molecule has 1 atom stereocenters. The van der Waals surface area contributed by atoms with Crippen LogP contribution in [0.25, 0.3) is 10.3 Å². The number of thiazole rings is 1. The number of ether oxygens (including phenoxy) is 3. The van der Waals surface area contributed by atoms with E-state index in [2.05, 4.69) is 0 Å². The van der Waals surface area contributed by atoms with Gasteiger partial charge in [0.1, 0.15) is 28.9 Å². The van der Waals surface area contributed by atoms with Gasteiger partial charge in [-0.2, -0.15) is 0 Å². The predicted molar refractivity (Wildman–Crippen MR) is 162 cm³/mol. The van der Waals surface area contributed by atoms with Crippen LogP contribution in [0, 0.1) is 0 Å². The van der Waals surface area contributed by atoms with Gasteiger partial charge in [0.15, 0.2) is 10.3 Å². The van der Waals surface area contributed by atoms with Crippen LogP contribution in [0.1, 0.15) is 72.4 Å². The van der Waals surface area contributed by atoms with Crippen molar-refractivity contribution in [3.63, 3.8) is 0 Å². The highest BCUT2D eigenvalue weighted by Gasteiger charge is 2.38. The lowest BCUT2D eigenvalue weighted by Gasteiger charge is -2.29. The zero-order chi connectivity index (χ0) is 30.8. The fourth-order valence-corrected chi connectivity index (χ4v) is 7.13. The van der Waals surface area contributed by atoms with E-state index < -0.39 is 12.0 Å². The summed E-state index contributed by atoms with van der Waals surface area (Å²) in [5.41, 5.74) is 1.46. The number of carbonyl (C=O) groups excluding carboxylic acids is 1. The summed E-state index contributed by atoms with van der Waals surface area (Å²) >= 11 is 1.28. The standard InChI is InChI=1S/C32H34F2N4O5S/c1-41-23-11-10-22(25(17-23)42-2)18-38-27(21-12-14-32(33,34)15-13-21)36-29-26(30(38)39)35-28(44-29)24-9-6-16-37(24)31(40)43-19-20-7-4-3-5-8-20/h3-5,7-8,10-11,17,21,24H,6,9,12-16,18-19H2,1-2H3/t24-/m1/s1. The van der Waals surface area contributed by atoms with E-state index in [4.69, 9.17) is 24.2 Å². The van der Waals surface area contributed by atoms with Crippen molar-refractivity contribution >= 4 is 27.8 Å². The Morgan fingerprint density at radius 3 is 2.55 bits per heavy atom. The Morgan fingerprint density at radius 2 is 1.82 bits per heavy atom. The molecule has 3 heterocycles. The number of methoxy groups -OCH3 is 2. The molecular formula is C32H34F2N4O5S. The van der Waals surface area contributed by atoms with E-state index in [-0.39, 0.29) is 61.9 Å². The minimum absolute atomic E-state index is 0.130. The summed E-state index contributed by atoms with van der Waals surface area (Å²) in [5.74, 6) is -1.42. The highest BCUT2D eigenvalue weighted by Crippen LogP contribution is 2.42. The largest absolute Gasteiger partial charge is 0.497 e. The Labute approximate surface area is 257 Å². The lowest BCUT2D eigenvalue weighted by molar-refractivity contribution is -0.0390. The molecule has 2 fully saturated rings. The summed E-state index contributed by atoms with van der Waals surface area (Å²) in [6.45, 7) is 0.809. The summed E-state index contributed by atoms with van der Waals surface area (Å²) in [4.78, 5) is 38.9. The van der Waals surface area contributed by atoms with Gasteiger partial charge in [-0.05, 0) is 43.4 Å². The number of rotatable bonds is 8. The van der Waals surface area contributed by atoms with Crippen molar-refractivity contribution in [2.24, 2.45) is 0 Å². The molecule has 9 nitrogen and oxygen atoms in total. The first kappa shape index (κ1) is 30.0. The van der Waals surface area contributed by atoms with Gasteiger partial charge in [-0.1, -0.05) is 41.7 Å². The predicted octanol–water partition coefficient (Wildman–Crippen LogP) is 6.69. The van der Waals surface area contributed by atoms with Gasteiger partial charge in [0.05, 0.1) is 26.8 Å². The fourth-order valence-electron chi connectivity index (χ4n) is 6.04. The molecule has 44 heavy (non-hydrogen) atoms. The van der Waals surface area contributed by atoms with Crippen LogP contribution in [0.2, 0.25) is 0 Å². The van der Waals surface area contributed by atoms with Gasteiger partial charge >= 0.3 is 6.09 Å². The third kappa shape index (κ3) is 6.12. The molecule has 1 saturated carbocycles. The number of hydrogen-bond donors (Lipinski definition) is 0. The quantitative estimate of drug-likeness (QED) is 0.216. The number of nitrogens with zero attached hydrogens (tertiary/aromatic N) is 4. The molecule has 2 aliphatic rings. The highest BCUT2D eigenvalue weighted by atomic mass is 32.1. The van der Waals surface area contributed by atoms with Crippen molar-refractivity contribution in [3.8, 4) is 11.5 Å². The molecule has 12 heteroatoms. The van der Waals surface area contributed by atoms with Crippen molar-refractivity contribution < 1.29 is 27.8 Å².